The Labute approximate surface area is 395 Å². The molecule has 0 N–H and O–H groups in total. The lowest BCUT2D eigenvalue weighted by Crippen LogP contribution is -2.26. The molecule has 0 saturated carbocycles. The highest BCUT2D eigenvalue weighted by Crippen LogP contribution is 2.63. The Morgan fingerprint density at radius 2 is 0.588 bits per heavy atom. The molecule has 0 fully saturated rings. The van der Waals surface area contributed by atoms with Crippen molar-refractivity contribution >= 4 is 70.9 Å². The molecule has 0 amide bonds. The van der Waals surface area contributed by atoms with Crippen LogP contribution in [0.15, 0.2) is 261 Å². The molecule has 0 saturated heterocycles. The van der Waals surface area contributed by atoms with E-state index in [0.717, 1.165) is 17.1 Å². The predicted octanol–water partition coefficient (Wildman–Crippen LogP) is 18.1. The van der Waals surface area contributed by atoms with Crippen LogP contribution in [0.25, 0.3) is 87.2 Å². The molecule has 0 unspecified atom stereocenters. The molecule has 316 valence electrons. The molecule has 2 aliphatic carbocycles. The van der Waals surface area contributed by atoms with Gasteiger partial charge >= 0.3 is 0 Å². The number of fused-ring (bicyclic) bond motifs is 20. The highest BCUT2D eigenvalue weighted by Gasteiger charge is 2.51. The Balaban J connectivity index is 1.14. The SMILES string of the molecule is c1ccc(-c2ccc(N(c3ccc4c(c3)C3(c5ccccc5-c5ccccc53)c3ccccc3-4)c3cccc4c5ccccc5c5ccccc5c5ccccc5c5ccccc5c34)cc2)cc1. The average Bonchev–Trinajstić information content (AvgIpc) is 3.88. The molecular formula is C67H43N. The first-order valence-corrected chi connectivity index (χ1v) is 23.7. The van der Waals surface area contributed by atoms with Gasteiger partial charge in [-0.25, -0.2) is 0 Å². The van der Waals surface area contributed by atoms with Crippen LogP contribution in [0, 0.1) is 0 Å². The zero-order valence-corrected chi connectivity index (χ0v) is 37.3. The highest BCUT2D eigenvalue weighted by atomic mass is 15.1. The maximum atomic E-state index is 2.53. The van der Waals surface area contributed by atoms with Gasteiger partial charge in [-0.15, -0.1) is 0 Å². The van der Waals surface area contributed by atoms with Crippen LogP contribution < -0.4 is 4.90 Å². The second kappa shape index (κ2) is 15.1. The number of benzene rings is 11. The van der Waals surface area contributed by atoms with Gasteiger partial charge < -0.3 is 4.90 Å². The van der Waals surface area contributed by atoms with E-state index < -0.39 is 5.41 Å². The van der Waals surface area contributed by atoms with Gasteiger partial charge in [-0.2, -0.15) is 0 Å². The number of anilines is 3. The molecule has 14 rings (SSSR count). The predicted molar refractivity (Wildman–Crippen MR) is 288 cm³/mol. The summed E-state index contributed by atoms with van der Waals surface area (Å²) in [6.45, 7) is 0. The van der Waals surface area contributed by atoms with Gasteiger partial charge in [0.05, 0.1) is 11.1 Å². The Kier molecular flexibility index (Phi) is 8.57. The minimum Gasteiger partial charge on any atom is -0.310 e. The lowest BCUT2D eigenvalue weighted by atomic mass is 9.70. The normalized spacial score (nSPS) is 12.8. The second-order valence-corrected chi connectivity index (χ2v) is 18.2. The van der Waals surface area contributed by atoms with Crippen LogP contribution in [0.2, 0.25) is 0 Å². The number of hydrogen-bond acceptors (Lipinski definition) is 1. The Hall–Kier alpha value is -8.78. The summed E-state index contributed by atoms with van der Waals surface area (Å²) >= 11 is 0. The molecule has 12 aromatic rings. The maximum Gasteiger partial charge on any atom is 0.0726 e. The summed E-state index contributed by atoms with van der Waals surface area (Å²) in [6.07, 6.45) is 0. The van der Waals surface area contributed by atoms with Gasteiger partial charge in [-0.05, 0) is 134 Å². The standard InChI is InChI=1S/C67H43N/c1-2-19-44(20-3-1)45-37-39-46(40-38-45)68(47-41-42-58-57-30-14-17-35-63(57)67(64(58)43-47)61-33-15-12-28-55(61)56-29-13-16-34-62(56)67)65-36-18-32-60-54-26-9-8-25-52(54)50-22-5-4-21-48(50)49-23-6-7-24-51(49)53-27-10-11-31-59(53)66(60)65/h1-43H. The van der Waals surface area contributed by atoms with E-state index in [2.05, 4.69) is 266 Å². The molecule has 1 nitrogen and oxygen atoms in total. The van der Waals surface area contributed by atoms with Crippen molar-refractivity contribution < 1.29 is 0 Å². The number of rotatable bonds is 4. The van der Waals surface area contributed by atoms with Gasteiger partial charge in [0, 0.05) is 16.8 Å². The van der Waals surface area contributed by atoms with Crippen molar-refractivity contribution in [3.8, 4) is 33.4 Å². The molecule has 68 heavy (non-hydrogen) atoms. The van der Waals surface area contributed by atoms with E-state index in [1.807, 2.05) is 0 Å². The van der Waals surface area contributed by atoms with Crippen molar-refractivity contribution in [2.45, 2.75) is 5.41 Å². The van der Waals surface area contributed by atoms with Crippen LogP contribution in [0.1, 0.15) is 22.3 Å². The van der Waals surface area contributed by atoms with Crippen LogP contribution >= 0.6 is 0 Å². The Morgan fingerprint density at radius 3 is 1.07 bits per heavy atom. The molecule has 0 radical (unpaired) electrons. The third kappa shape index (κ3) is 5.51. The fourth-order valence-electron chi connectivity index (χ4n) is 12.1. The fourth-order valence-corrected chi connectivity index (χ4v) is 12.1. The molecule has 0 atom stereocenters. The fraction of sp³-hybridized carbons (Fsp3) is 0.0149. The van der Waals surface area contributed by atoms with E-state index in [1.165, 1.54) is 109 Å². The minimum absolute atomic E-state index is 0.484. The van der Waals surface area contributed by atoms with Crippen molar-refractivity contribution in [3.05, 3.63) is 283 Å². The Morgan fingerprint density at radius 1 is 0.235 bits per heavy atom. The summed E-state index contributed by atoms with van der Waals surface area (Å²) < 4.78 is 0. The minimum atomic E-state index is -0.484. The second-order valence-electron chi connectivity index (χ2n) is 18.2. The van der Waals surface area contributed by atoms with Crippen molar-refractivity contribution in [1.29, 1.82) is 0 Å². The van der Waals surface area contributed by atoms with Crippen LogP contribution in [0.4, 0.5) is 17.1 Å². The monoisotopic (exact) mass is 861 g/mol. The first-order chi connectivity index (χ1) is 33.8. The molecule has 2 aliphatic rings. The lowest BCUT2D eigenvalue weighted by Gasteiger charge is -2.32. The smallest absolute Gasteiger partial charge is 0.0726 e. The molecule has 0 aliphatic heterocycles. The van der Waals surface area contributed by atoms with Crippen LogP contribution in [-0.4, -0.2) is 0 Å². The van der Waals surface area contributed by atoms with Crippen LogP contribution in [0.5, 0.6) is 0 Å². The van der Waals surface area contributed by atoms with E-state index in [-0.39, 0.29) is 0 Å². The van der Waals surface area contributed by atoms with Crippen molar-refractivity contribution in [3.63, 3.8) is 0 Å². The summed E-state index contributed by atoms with van der Waals surface area (Å²) in [7, 11) is 0. The molecule has 0 aromatic heterocycles. The highest BCUT2D eigenvalue weighted by molar-refractivity contribution is 6.28. The van der Waals surface area contributed by atoms with Crippen molar-refractivity contribution in [2.24, 2.45) is 0 Å². The van der Waals surface area contributed by atoms with E-state index in [0.29, 0.717) is 0 Å². The zero-order valence-electron chi connectivity index (χ0n) is 37.3. The van der Waals surface area contributed by atoms with Gasteiger partial charge in [-0.3, -0.25) is 0 Å². The van der Waals surface area contributed by atoms with Gasteiger partial charge in [0.1, 0.15) is 0 Å². The first-order valence-electron chi connectivity index (χ1n) is 23.7. The van der Waals surface area contributed by atoms with E-state index in [1.54, 1.807) is 0 Å². The molecule has 0 heterocycles. The van der Waals surface area contributed by atoms with Gasteiger partial charge in [0.25, 0.3) is 0 Å². The summed E-state index contributed by atoms with van der Waals surface area (Å²) in [5, 5.41) is 12.1. The zero-order chi connectivity index (χ0) is 44.8. The molecule has 1 heteroatoms. The maximum absolute atomic E-state index is 2.53. The number of hydrogen-bond donors (Lipinski definition) is 0. The van der Waals surface area contributed by atoms with E-state index >= 15 is 0 Å². The third-order valence-corrected chi connectivity index (χ3v) is 14.9. The van der Waals surface area contributed by atoms with Crippen LogP contribution in [0.3, 0.4) is 0 Å². The molecule has 0 bridgehead atoms. The molecule has 1 spiro atoms. The van der Waals surface area contributed by atoms with Crippen LogP contribution in [-0.2, 0) is 5.41 Å². The van der Waals surface area contributed by atoms with Gasteiger partial charge in [0.15, 0.2) is 0 Å². The molecule has 12 aromatic carbocycles. The summed E-state index contributed by atoms with van der Waals surface area (Å²) in [5.41, 5.74) is 15.7. The topological polar surface area (TPSA) is 3.24 Å². The summed E-state index contributed by atoms with van der Waals surface area (Å²) in [4.78, 5) is 2.53. The van der Waals surface area contributed by atoms with Gasteiger partial charge in [0.2, 0.25) is 0 Å². The summed E-state index contributed by atoms with van der Waals surface area (Å²) in [6, 6.07) is 97.3. The quantitative estimate of drug-likeness (QED) is 0.170. The first kappa shape index (κ1) is 38.5. The molecular weight excluding hydrogens is 819 g/mol. The average molecular weight is 862 g/mol. The third-order valence-electron chi connectivity index (χ3n) is 14.9. The van der Waals surface area contributed by atoms with E-state index in [9.17, 15) is 0 Å². The van der Waals surface area contributed by atoms with E-state index in [4.69, 9.17) is 0 Å². The lowest BCUT2D eigenvalue weighted by molar-refractivity contribution is 0.793. The van der Waals surface area contributed by atoms with Crippen molar-refractivity contribution in [1.82, 2.24) is 0 Å². The summed E-state index contributed by atoms with van der Waals surface area (Å²) in [5.74, 6) is 0. The Bertz CT molecular complexity index is 3940. The van der Waals surface area contributed by atoms with Crippen molar-refractivity contribution in [2.75, 3.05) is 4.90 Å². The number of nitrogens with zero attached hydrogens (tertiary/aromatic N) is 1. The largest absolute Gasteiger partial charge is 0.310 e. The van der Waals surface area contributed by atoms with Gasteiger partial charge in [-0.1, -0.05) is 231 Å².